The first-order chi connectivity index (χ1) is 14.1. The molecule has 0 unspecified atom stereocenters. The van der Waals surface area contributed by atoms with Crippen LogP contribution in [0.1, 0.15) is 83.1 Å². The van der Waals surface area contributed by atoms with Crippen molar-refractivity contribution in [1.29, 1.82) is 0 Å². The minimum absolute atomic E-state index is 0. The van der Waals surface area contributed by atoms with Gasteiger partial charge < -0.3 is 24.8 Å². The Morgan fingerprint density at radius 3 is 1.91 bits per heavy atom. The van der Waals surface area contributed by atoms with Gasteiger partial charge in [0.25, 0.3) is 0 Å². The van der Waals surface area contributed by atoms with Crippen molar-refractivity contribution in [1.82, 2.24) is 0 Å². The number of halogens is 2. The zero-order valence-corrected chi connectivity index (χ0v) is 24.2. The van der Waals surface area contributed by atoms with E-state index in [-0.39, 0.29) is 35.6 Å². The van der Waals surface area contributed by atoms with Gasteiger partial charge >= 0.3 is 40.3 Å². The molecule has 1 saturated carbocycles. The summed E-state index contributed by atoms with van der Waals surface area (Å²) in [6, 6.07) is 15.2. The SMILES string of the molecule is CC(C)(C)c1[c-]c2c(cc1)-c1ccc(C(C)(C)C)cc1C2.[C-]1=CC=CC1.[Cl-].[Cl-].[Zr+2]=[C]1CC1. The van der Waals surface area contributed by atoms with E-state index in [1.807, 2.05) is 12.2 Å². The molecule has 170 valence electrons. The van der Waals surface area contributed by atoms with E-state index in [1.54, 1.807) is 27.4 Å². The zero-order valence-electron chi connectivity index (χ0n) is 20.2. The fourth-order valence-electron chi connectivity index (χ4n) is 3.43. The Hall–Kier alpha value is -0.747. The predicted octanol–water partition coefficient (Wildman–Crippen LogP) is 1.47. The van der Waals surface area contributed by atoms with Crippen LogP contribution in [0.5, 0.6) is 0 Å². The van der Waals surface area contributed by atoms with Crippen LogP contribution in [0, 0.1) is 12.1 Å². The summed E-state index contributed by atoms with van der Waals surface area (Å²) < 4.78 is 1.76. The molecule has 0 N–H and O–H groups in total. The molecule has 0 atom stereocenters. The van der Waals surface area contributed by atoms with Crippen LogP contribution >= 0.6 is 0 Å². The Morgan fingerprint density at radius 2 is 1.47 bits per heavy atom. The van der Waals surface area contributed by atoms with Crippen molar-refractivity contribution < 1.29 is 49.0 Å². The quantitative estimate of drug-likeness (QED) is 0.376. The third-order valence-corrected chi connectivity index (χ3v) is 6.78. The number of fused-ring (bicyclic) bond motifs is 3. The van der Waals surface area contributed by atoms with Gasteiger partial charge in [0.2, 0.25) is 0 Å². The summed E-state index contributed by atoms with van der Waals surface area (Å²) in [7, 11) is 0. The van der Waals surface area contributed by atoms with Crippen LogP contribution in [0.4, 0.5) is 0 Å². The first-order valence-electron chi connectivity index (χ1n) is 11.0. The van der Waals surface area contributed by atoms with E-state index < -0.39 is 0 Å². The van der Waals surface area contributed by atoms with E-state index in [0.29, 0.717) is 0 Å². The fourth-order valence-corrected chi connectivity index (χ4v) is 3.74. The molecule has 32 heavy (non-hydrogen) atoms. The minimum atomic E-state index is 0. The molecular formula is C29H34Cl2Zr-2. The fraction of sp³-hybridized carbons (Fsp3) is 0.414. The Bertz CT molecular complexity index is 908. The first kappa shape index (κ1) is 29.3. The first-order valence-corrected chi connectivity index (χ1v) is 12.3. The summed E-state index contributed by atoms with van der Waals surface area (Å²) >= 11 is 1.66. The summed E-state index contributed by atoms with van der Waals surface area (Å²) in [5.41, 5.74) is 8.70. The summed E-state index contributed by atoms with van der Waals surface area (Å²) in [6.07, 6.45) is 13.9. The van der Waals surface area contributed by atoms with Gasteiger partial charge in [0, 0.05) is 0 Å². The van der Waals surface area contributed by atoms with E-state index in [2.05, 4.69) is 90.1 Å². The van der Waals surface area contributed by atoms with Gasteiger partial charge in [-0.1, -0.05) is 65.3 Å². The number of hydrogen-bond acceptors (Lipinski definition) is 0. The molecule has 3 aliphatic rings. The second-order valence-corrected chi connectivity index (χ2v) is 12.2. The van der Waals surface area contributed by atoms with Gasteiger partial charge in [-0.2, -0.15) is 29.8 Å². The maximum absolute atomic E-state index is 3.67. The molecule has 5 rings (SSSR count). The van der Waals surface area contributed by atoms with Crippen LogP contribution in [0.15, 0.2) is 48.6 Å². The van der Waals surface area contributed by atoms with Gasteiger partial charge in [-0.25, -0.2) is 12.2 Å². The average molecular weight is 545 g/mol. The third-order valence-electron chi connectivity index (χ3n) is 5.55. The van der Waals surface area contributed by atoms with E-state index in [0.717, 1.165) is 12.8 Å². The standard InChI is InChI=1S/C21H25.C5H5.C3H4.2ClH.Zr/c1-20(2,3)16-7-9-18-14(12-16)11-15-13-17(21(4,5)6)8-10-19(15)18;1-2-4-5-3-1;1-2-3-1;;;/h7-10,12H,11H2,1-6H3;1-3H,4H2;1-2H2;2*1H;/q2*-1;;;;+2/p-2. The predicted molar refractivity (Wildman–Crippen MR) is 127 cm³/mol. The van der Waals surface area contributed by atoms with Crippen molar-refractivity contribution in [2.75, 3.05) is 0 Å². The zero-order chi connectivity index (χ0) is 21.9. The van der Waals surface area contributed by atoms with Crippen molar-refractivity contribution in [3.8, 4) is 11.1 Å². The number of rotatable bonds is 0. The Kier molecular flexibility index (Phi) is 11.1. The van der Waals surface area contributed by atoms with Gasteiger partial charge in [-0.3, -0.25) is 6.08 Å². The van der Waals surface area contributed by atoms with E-state index in [1.165, 1.54) is 46.2 Å². The summed E-state index contributed by atoms with van der Waals surface area (Å²) in [6.45, 7) is 13.6. The van der Waals surface area contributed by atoms with Crippen molar-refractivity contribution in [3.05, 3.63) is 83.0 Å². The van der Waals surface area contributed by atoms with E-state index >= 15 is 0 Å². The number of benzene rings is 2. The molecule has 0 heterocycles. The van der Waals surface area contributed by atoms with Gasteiger partial charge in [-0.05, 0) is 28.4 Å². The molecule has 2 aromatic rings. The van der Waals surface area contributed by atoms with E-state index in [9.17, 15) is 0 Å². The van der Waals surface area contributed by atoms with Crippen LogP contribution in [0.3, 0.4) is 0 Å². The van der Waals surface area contributed by atoms with Crippen molar-refractivity contribution in [2.24, 2.45) is 0 Å². The molecule has 0 bridgehead atoms. The Morgan fingerprint density at radius 1 is 0.844 bits per heavy atom. The molecule has 0 saturated heterocycles. The van der Waals surface area contributed by atoms with Gasteiger partial charge in [0.1, 0.15) is 0 Å². The summed E-state index contributed by atoms with van der Waals surface area (Å²) in [4.78, 5) is 0. The van der Waals surface area contributed by atoms with Crippen LogP contribution in [-0.2, 0) is 41.5 Å². The van der Waals surface area contributed by atoms with E-state index in [4.69, 9.17) is 0 Å². The van der Waals surface area contributed by atoms with Gasteiger partial charge in [0.15, 0.2) is 0 Å². The second-order valence-electron chi connectivity index (χ2n) is 10.4. The van der Waals surface area contributed by atoms with Crippen molar-refractivity contribution in [2.45, 2.75) is 78.1 Å². The maximum atomic E-state index is 3.67. The van der Waals surface area contributed by atoms with Gasteiger partial charge in [0.05, 0.1) is 0 Å². The number of hydrogen-bond donors (Lipinski definition) is 0. The van der Waals surface area contributed by atoms with Crippen LogP contribution < -0.4 is 24.8 Å². The molecule has 0 amide bonds. The molecular weight excluding hydrogens is 510 g/mol. The summed E-state index contributed by atoms with van der Waals surface area (Å²) in [5.74, 6) is 0. The molecule has 0 aliphatic heterocycles. The Balaban J connectivity index is 0.000000387. The van der Waals surface area contributed by atoms with Crippen LogP contribution in [0.2, 0.25) is 0 Å². The van der Waals surface area contributed by atoms with Crippen LogP contribution in [0.25, 0.3) is 11.1 Å². The number of allylic oxidation sites excluding steroid dienone is 4. The average Bonchev–Trinajstić information content (AvgIpc) is 3.15. The molecule has 2 aromatic carbocycles. The Labute approximate surface area is 223 Å². The topological polar surface area (TPSA) is 0 Å². The molecule has 0 radical (unpaired) electrons. The molecule has 3 aliphatic carbocycles. The second kappa shape index (κ2) is 12.1. The summed E-state index contributed by atoms with van der Waals surface area (Å²) in [5, 5.41) is 0. The molecule has 0 aromatic heterocycles. The normalized spacial score (nSPS) is 14.7. The molecule has 0 nitrogen and oxygen atoms in total. The van der Waals surface area contributed by atoms with Crippen molar-refractivity contribution in [3.63, 3.8) is 0 Å². The molecule has 1 fully saturated rings. The molecule has 0 spiro atoms. The monoisotopic (exact) mass is 542 g/mol. The van der Waals surface area contributed by atoms with Crippen molar-refractivity contribution >= 4 is 3.21 Å². The van der Waals surface area contributed by atoms with Gasteiger partial charge in [-0.15, -0.1) is 17.5 Å². The molecule has 3 heteroatoms. The third kappa shape index (κ3) is 8.23. The van der Waals surface area contributed by atoms with Crippen LogP contribution in [-0.4, -0.2) is 3.21 Å².